The summed E-state index contributed by atoms with van der Waals surface area (Å²) in [5, 5.41) is 10.0. The second kappa shape index (κ2) is 5.48. The molecular weight excluding hydrogens is 266 g/mol. The quantitative estimate of drug-likeness (QED) is 0.692. The van der Waals surface area contributed by atoms with Gasteiger partial charge >= 0.3 is 5.97 Å². The summed E-state index contributed by atoms with van der Waals surface area (Å²) >= 11 is 0. The third-order valence-corrected chi connectivity index (χ3v) is 3.64. The van der Waals surface area contributed by atoms with Gasteiger partial charge in [-0.2, -0.15) is 0 Å². The molecule has 2 aromatic carbocycles. The highest BCUT2D eigenvalue weighted by Crippen LogP contribution is 2.50. The minimum atomic E-state index is -0.374. The van der Waals surface area contributed by atoms with Crippen molar-refractivity contribution in [2.45, 2.75) is 19.0 Å². The zero-order valence-corrected chi connectivity index (χ0v) is 11.8. The van der Waals surface area contributed by atoms with Crippen molar-refractivity contribution >= 4 is 11.7 Å². The molecule has 4 heteroatoms. The molecule has 1 aliphatic heterocycles. The van der Waals surface area contributed by atoms with Gasteiger partial charge in [0.25, 0.3) is 0 Å². The molecule has 1 heterocycles. The highest BCUT2D eigenvalue weighted by Gasteiger charge is 2.55. The Kier molecular flexibility index (Phi) is 3.52. The first-order valence-electron chi connectivity index (χ1n) is 7.02. The fourth-order valence-corrected chi connectivity index (χ4v) is 2.68. The van der Waals surface area contributed by atoms with Crippen LogP contribution in [0.15, 0.2) is 54.6 Å². The number of phenols is 1. The lowest BCUT2D eigenvalue weighted by molar-refractivity contribution is -0.142. The van der Waals surface area contributed by atoms with E-state index in [-0.39, 0.29) is 23.8 Å². The number of nitrogens with zero attached hydrogens (tertiary/aromatic N) is 1. The van der Waals surface area contributed by atoms with E-state index in [1.54, 1.807) is 19.1 Å². The summed E-state index contributed by atoms with van der Waals surface area (Å²) in [6.45, 7) is 2.15. The maximum atomic E-state index is 12.1. The number of para-hydroxylation sites is 2. The van der Waals surface area contributed by atoms with Crippen molar-refractivity contribution in [1.29, 1.82) is 0 Å². The first-order valence-corrected chi connectivity index (χ1v) is 7.02. The number of esters is 1. The Bertz CT molecular complexity index is 641. The molecule has 4 nitrogen and oxygen atoms in total. The molecule has 0 aromatic heterocycles. The maximum Gasteiger partial charge on any atom is 0.331 e. The van der Waals surface area contributed by atoms with Gasteiger partial charge in [-0.15, -0.1) is 0 Å². The van der Waals surface area contributed by atoms with Crippen LogP contribution in [0.4, 0.5) is 5.69 Å². The average Bonchev–Trinajstić information content (AvgIpc) is 3.24. The molecule has 2 aromatic rings. The van der Waals surface area contributed by atoms with Gasteiger partial charge in [-0.1, -0.05) is 42.5 Å². The molecule has 1 fully saturated rings. The highest BCUT2D eigenvalue weighted by atomic mass is 16.5. The van der Waals surface area contributed by atoms with E-state index in [0.717, 1.165) is 5.56 Å². The molecule has 0 bridgehead atoms. The van der Waals surface area contributed by atoms with E-state index >= 15 is 0 Å². The lowest BCUT2D eigenvalue weighted by Crippen LogP contribution is -2.16. The van der Waals surface area contributed by atoms with Gasteiger partial charge in [0.15, 0.2) is 6.04 Å². The standard InChI is InChI=1S/C17H17NO3/c1-2-21-17(20)16-15(12-8-4-3-5-9-12)18(16)13-10-6-7-11-14(13)19/h3-11,15-16,19H,2H2,1H3/t15-,16+,18?/m0/s1. The smallest absolute Gasteiger partial charge is 0.331 e. The van der Waals surface area contributed by atoms with E-state index in [0.29, 0.717) is 12.3 Å². The number of carbonyl (C=O) groups is 1. The molecule has 3 rings (SSSR count). The maximum absolute atomic E-state index is 12.1. The first-order chi connectivity index (χ1) is 10.2. The van der Waals surface area contributed by atoms with Crippen LogP contribution in [0.3, 0.4) is 0 Å². The summed E-state index contributed by atoms with van der Waals surface area (Å²) in [6, 6.07) is 16.4. The summed E-state index contributed by atoms with van der Waals surface area (Å²) in [4.78, 5) is 14.0. The van der Waals surface area contributed by atoms with E-state index in [4.69, 9.17) is 4.74 Å². The number of carbonyl (C=O) groups excluding carboxylic acids is 1. The molecule has 0 spiro atoms. The van der Waals surface area contributed by atoms with E-state index in [1.165, 1.54) is 0 Å². The first kappa shape index (κ1) is 13.5. The van der Waals surface area contributed by atoms with Crippen LogP contribution in [0.5, 0.6) is 5.75 Å². The van der Waals surface area contributed by atoms with Crippen LogP contribution in [-0.2, 0) is 9.53 Å². The van der Waals surface area contributed by atoms with Crippen LogP contribution < -0.4 is 4.90 Å². The number of hydrogen-bond donors (Lipinski definition) is 1. The molecule has 0 unspecified atom stereocenters. The van der Waals surface area contributed by atoms with Crippen LogP contribution in [0.25, 0.3) is 0 Å². The van der Waals surface area contributed by atoms with Crippen molar-refractivity contribution in [2.75, 3.05) is 11.5 Å². The third-order valence-electron chi connectivity index (χ3n) is 3.64. The van der Waals surface area contributed by atoms with Crippen LogP contribution in [0.1, 0.15) is 18.5 Å². The summed E-state index contributed by atoms with van der Waals surface area (Å²) in [7, 11) is 0. The fourth-order valence-electron chi connectivity index (χ4n) is 2.68. The van der Waals surface area contributed by atoms with Crippen LogP contribution in [0, 0.1) is 0 Å². The Labute approximate surface area is 123 Å². The Morgan fingerprint density at radius 3 is 2.48 bits per heavy atom. The molecule has 0 radical (unpaired) electrons. The van der Waals surface area contributed by atoms with E-state index in [2.05, 4.69) is 0 Å². The molecule has 21 heavy (non-hydrogen) atoms. The summed E-state index contributed by atoms with van der Waals surface area (Å²) in [5.74, 6) is -0.0835. The second-order valence-corrected chi connectivity index (χ2v) is 4.95. The number of ether oxygens (including phenoxy) is 1. The number of phenolic OH excluding ortho intramolecular Hbond substituents is 1. The lowest BCUT2D eigenvalue weighted by Gasteiger charge is -2.08. The zero-order valence-electron chi connectivity index (χ0n) is 11.8. The Balaban J connectivity index is 1.94. The monoisotopic (exact) mass is 283 g/mol. The molecule has 0 saturated carbocycles. The molecule has 1 aliphatic rings. The summed E-state index contributed by atoms with van der Waals surface area (Å²) in [5.41, 5.74) is 1.70. The SMILES string of the molecule is CCOC(=O)[C@H]1[C@H](c2ccccc2)N1c1ccccc1O. The Morgan fingerprint density at radius 2 is 1.81 bits per heavy atom. The lowest BCUT2D eigenvalue weighted by atomic mass is 10.1. The zero-order chi connectivity index (χ0) is 14.8. The molecule has 2 atom stereocenters. The topological polar surface area (TPSA) is 49.5 Å². The number of benzene rings is 2. The Hall–Kier alpha value is -2.49. The van der Waals surface area contributed by atoms with Gasteiger partial charge in [0.1, 0.15) is 5.75 Å². The van der Waals surface area contributed by atoms with Gasteiger partial charge in [-0.3, -0.25) is 0 Å². The van der Waals surface area contributed by atoms with Crippen LogP contribution >= 0.6 is 0 Å². The largest absolute Gasteiger partial charge is 0.506 e. The minimum Gasteiger partial charge on any atom is -0.506 e. The van der Waals surface area contributed by atoms with Gasteiger partial charge in [-0.05, 0) is 24.6 Å². The predicted molar refractivity (Wildman–Crippen MR) is 80.2 cm³/mol. The predicted octanol–water partition coefficient (Wildman–Crippen LogP) is 2.89. The van der Waals surface area contributed by atoms with Crippen molar-refractivity contribution in [3.8, 4) is 5.75 Å². The minimum absolute atomic E-state index is 0.0847. The highest BCUT2D eigenvalue weighted by molar-refractivity contribution is 5.90. The van der Waals surface area contributed by atoms with Crippen molar-refractivity contribution in [3.63, 3.8) is 0 Å². The number of aromatic hydroxyl groups is 1. The summed E-state index contributed by atoms with van der Waals surface area (Å²) in [6.07, 6.45) is 0. The number of anilines is 1. The Morgan fingerprint density at radius 1 is 1.14 bits per heavy atom. The number of rotatable bonds is 4. The average molecular weight is 283 g/mol. The normalized spacial score (nSPS) is 20.1. The molecular formula is C17H17NO3. The van der Waals surface area contributed by atoms with Gasteiger partial charge in [0.05, 0.1) is 18.3 Å². The van der Waals surface area contributed by atoms with Crippen molar-refractivity contribution in [2.24, 2.45) is 0 Å². The third kappa shape index (κ3) is 2.44. The van der Waals surface area contributed by atoms with Crippen molar-refractivity contribution < 1.29 is 14.6 Å². The van der Waals surface area contributed by atoms with Crippen molar-refractivity contribution in [3.05, 3.63) is 60.2 Å². The fraction of sp³-hybridized carbons (Fsp3) is 0.235. The molecule has 0 amide bonds. The van der Waals surface area contributed by atoms with E-state index in [9.17, 15) is 9.90 Å². The van der Waals surface area contributed by atoms with Gasteiger partial charge in [0, 0.05) is 0 Å². The molecule has 1 N–H and O–H groups in total. The van der Waals surface area contributed by atoms with E-state index in [1.807, 2.05) is 47.4 Å². The van der Waals surface area contributed by atoms with E-state index < -0.39 is 0 Å². The molecule has 0 aliphatic carbocycles. The molecule has 108 valence electrons. The summed E-state index contributed by atoms with van der Waals surface area (Å²) < 4.78 is 5.15. The number of hydrogen-bond acceptors (Lipinski definition) is 4. The van der Waals surface area contributed by atoms with Gasteiger partial charge in [-0.25, -0.2) is 4.79 Å². The van der Waals surface area contributed by atoms with Crippen molar-refractivity contribution in [1.82, 2.24) is 0 Å². The second-order valence-electron chi connectivity index (χ2n) is 4.95. The van der Waals surface area contributed by atoms with Crippen LogP contribution in [-0.4, -0.2) is 23.7 Å². The van der Waals surface area contributed by atoms with Gasteiger partial charge < -0.3 is 14.7 Å². The molecule has 1 saturated heterocycles. The van der Waals surface area contributed by atoms with Gasteiger partial charge in [0.2, 0.25) is 0 Å². The van der Waals surface area contributed by atoms with Crippen LogP contribution in [0.2, 0.25) is 0 Å².